The summed E-state index contributed by atoms with van der Waals surface area (Å²) < 4.78 is 0. The van der Waals surface area contributed by atoms with Crippen molar-refractivity contribution in [3.8, 4) is 5.75 Å². The zero-order valence-electron chi connectivity index (χ0n) is 13.6. The van der Waals surface area contributed by atoms with Gasteiger partial charge in [0.1, 0.15) is 5.75 Å². The SMILES string of the molecule is Cc1ccc(C(C)N2CCC3(CCCCC3)CC2)c(O)c1. The molecule has 1 saturated heterocycles. The molecule has 1 aliphatic carbocycles. The first-order valence-electron chi connectivity index (χ1n) is 8.63. The van der Waals surface area contributed by atoms with Gasteiger partial charge in [-0.05, 0) is 69.7 Å². The van der Waals surface area contributed by atoms with Crippen LogP contribution in [0.4, 0.5) is 0 Å². The van der Waals surface area contributed by atoms with E-state index in [1.54, 1.807) is 0 Å². The van der Waals surface area contributed by atoms with Crippen LogP contribution in [0, 0.1) is 12.3 Å². The fourth-order valence-electron chi connectivity index (χ4n) is 4.39. The molecule has 21 heavy (non-hydrogen) atoms. The predicted octanol–water partition coefficient (Wildman–Crippen LogP) is 4.81. The van der Waals surface area contributed by atoms with Crippen molar-refractivity contribution in [2.75, 3.05) is 13.1 Å². The highest BCUT2D eigenvalue weighted by Crippen LogP contribution is 2.46. The normalized spacial score (nSPS) is 24.1. The quantitative estimate of drug-likeness (QED) is 0.844. The second-order valence-electron chi connectivity index (χ2n) is 7.33. The molecule has 1 unspecified atom stereocenters. The number of piperidine rings is 1. The highest BCUT2D eigenvalue weighted by atomic mass is 16.3. The number of aryl methyl sites for hydroxylation is 1. The maximum absolute atomic E-state index is 10.2. The predicted molar refractivity (Wildman–Crippen MR) is 87.6 cm³/mol. The van der Waals surface area contributed by atoms with Gasteiger partial charge in [0.2, 0.25) is 0 Å². The van der Waals surface area contributed by atoms with Crippen LogP contribution in [0.3, 0.4) is 0 Å². The van der Waals surface area contributed by atoms with Crippen LogP contribution in [0.1, 0.15) is 69.0 Å². The zero-order valence-corrected chi connectivity index (χ0v) is 13.6. The van der Waals surface area contributed by atoms with Crippen LogP contribution < -0.4 is 0 Å². The first kappa shape index (κ1) is 14.9. The molecule has 1 aromatic rings. The molecule has 116 valence electrons. The molecule has 1 spiro atoms. The van der Waals surface area contributed by atoms with Crippen LogP contribution in [0.25, 0.3) is 0 Å². The summed E-state index contributed by atoms with van der Waals surface area (Å²) in [5.41, 5.74) is 2.87. The van der Waals surface area contributed by atoms with Crippen molar-refractivity contribution < 1.29 is 5.11 Å². The van der Waals surface area contributed by atoms with Crippen molar-refractivity contribution in [2.45, 2.75) is 64.8 Å². The molecular formula is C19H29NO. The Morgan fingerprint density at radius 2 is 1.71 bits per heavy atom. The lowest BCUT2D eigenvalue weighted by atomic mass is 9.68. The van der Waals surface area contributed by atoms with Gasteiger partial charge in [-0.15, -0.1) is 0 Å². The summed E-state index contributed by atoms with van der Waals surface area (Å²) in [4.78, 5) is 2.56. The molecule has 1 aromatic carbocycles. The molecule has 0 amide bonds. The van der Waals surface area contributed by atoms with Gasteiger partial charge < -0.3 is 5.11 Å². The van der Waals surface area contributed by atoms with Crippen molar-refractivity contribution in [1.82, 2.24) is 4.90 Å². The lowest BCUT2D eigenvalue weighted by molar-refractivity contribution is 0.0482. The van der Waals surface area contributed by atoms with E-state index in [0.29, 0.717) is 17.2 Å². The van der Waals surface area contributed by atoms with Crippen LogP contribution in [-0.2, 0) is 0 Å². The summed E-state index contributed by atoms with van der Waals surface area (Å²) in [5.74, 6) is 0.459. The van der Waals surface area contributed by atoms with Gasteiger partial charge in [-0.2, -0.15) is 0 Å². The lowest BCUT2D eigenvalue weighted by Crippen LogP contribution is -2.42. The van der Waals surface area contributed by atoms with E-state index in [0.717, 1.165) is 11.1 Å². The summed E-state index contributed by atoms with van der Waals surface area (Å²) in [7, 11) is 0. The maximum Gasteiger partial charge on any atom is 0.120 e. The van der Waals surface area contributed by atoms with E-state index >= 15 is 0 Å². The topological polar surface area (TPSA) is 23.5 Å². The Morgan fingerprint density at radius 3 is 2.33 bits per heavy atom. The van der Waals surface area contributed by atoms with Crippen LogP contribution in [-0.4, -0.2) is 23.1 Å². The molecule has 1 saturated carbocycles. The monoisotopic (exact) mass is 287 g/mol. The van der Waals surface area contributed by atoms with Gasteiger partial charge in [-0.1, -0.05) is 31.4 Å². The fourth-order valence-corrected chi connectivity index (χ4v) is 4.39. The van der Waals surface area contributed by atoms with Crippen molar-refractivity contribution in [2.24, 2.45) is 5.41 Å². The molecule has 2 aliphatic rings. The number of hydrogen-bond acceptors (Lipinski definition) is 2. The highest BCUT2D eigenvalue weighted by molar-refractivity contribution is 5.37. The molecule has 1 heterocycles. The molecular weight excluding hydrogens is 258 g/mol. The molecule has 1 atom stereocenters. The Hall–Kier alpha value is -1.02. The van der Waals surface area contributed by atoms with Crippen molar-refractivity contribution >= 4 is 0 Å². The number of phenols is 1. The van der Waals surface area contributed by atoms with Crippen LogP contribution in [0.2, 0.25) is 0 Å². The Bertz CT molecular complexity index is 480. The Balaban J connectivity index is 1.66. The summed E-state index contributed by atoms with van der Waals surface area (Å²) in [6.07, 6.45) is 9.92. The van der Waals surface area contributed by atoms with E-state index in [9.17, 15) is 5.11 Å². The van der Waals surface area contributed by atoms with Gasteiger partial charge in [-0.3, -0.25) is 4.90 Å². The zero-order chi connectivity index (χ0) is 14.9. The largest absolute Gasteiger partial charge is 0.508 e. The summed E-state index contributed by atoms with van der Waals surface area (Å²) in [6, 6.07) is 6.42. The summed E-state index contributed by atoms with van der Waals surface area (Å²) in [5, 5.41) is 10.2. The Kier molecular flexibility index (Phi) is 4.26. The number of phenolic OH excluding ortho intramolecular Hbond substituents is 1. The van der Waals surface area contributed by atoms with E-state index < -0.39 is 0 Å². The van der Waals surface area contributed by atoms with Gasteiger partial charge in [0.05, 0.1) is 0 Å². The molecule has 2 heteroatoms. The number of hydrogen-bond donors (Lipinski definition) is 1. The van der Waals surface area contributed by atoms with Crippen molar-refractivity contribution in [3.63, 3.8) is 0 Å². The van der Waals surface area contributed by atoms with Crippen LogP contribution in [0.5, 0.6) is 5.75 Å². The van der Waals surface area contributed by atoms with Gasteiger partial charge in [0.15, 0.2) is 0 Å². The Labute approximate surface area is 129 Å². The van der Waals surface area contributed by atoms with Gasteiger partial charge in [0, 0.05) is 11.6 Å². The third kappa shape index (κ3) is 3.11. The average molecular weight is 287 g/mol. The average Bonchev–Trinajstić information content (AvgIpc) is 2.48. The van der Waals surface area contributed by atoms with E-state index in [-0.39, 0.29) is 0 Å². The van der Waals surface area contributed by atoms with E-state index in [1.807, 2.05) is 13.0 Å². The van der Waals surface area contributed by atoms with E-state index in [1.165, 1.54) is 58.0 Å². The minimum atomic E-state index is 0.326. The minimum absolute atomic E-state index is 0.326. The maximum atomic E-state index is 10.2. The fraction of sp³-hybridized carbons (Fsp3) is 0.684. The molecule has 0 radical (unpaired) electrons. The third-order valence-electron chi connectivity index (χ3n) is 5.96. The molecule has 3 rings (SSSR count). The third-order valence-corrected chi connectivity index (χ3v) is 5.96. The molecule has 2 nitrogen and oxygen atoms in total. The minimum Gasteiger partial charge on any atom is -0.508 e. The van der Waals surface area contributed by atoms with Crippen LogP contribution >= 0.6 is 0 Å². The van der Waals surface area contributed by atoms with Gasteiger partial charge >= 0.3 is 0 Å². The molecule has 0 bridgehead atoms. The number of likely N-dealkylation sites (tertiary alicyclic amines) is 1. The number of benzene rings is 1. The number of aromatic hydroxyl groups is 1. The van der Waals surface area contributed by atoms with Crippen LogP contribution in [0.15, 0.2) is 18.2 Å². The smallest absolute Gasteiger partial charge is 0.120 e. The number of rotatable bonds is 2. The summed E-state index contributed by atoms with van der Waals surface area (Å²) >= 11 is 0. The van der Waals surface area contributed by atoms with Crippen molar-refractivity contribution in [3.05, 3.63) is 29.3 Å². The van der Waals surface area contributed by atoms with Crippen molar-refractivity contribution in [1.29, 1.82) is 0 Å². The van der Waals surface area contributed by atoms with Gasteiger partial charge in [-0.25, -0.2) is 0 Å². The first-order valence-corrected chi connectivity index (χ1v) is 8.63. The molecule has 2 fully saturated rings. The Morgan fingerprint density at radius 1 is 1.05 bits per heavy atom. The number of nitrogens with zero attached hydrogens (tertiary/aromatic N) is 1. The molecule has 1 aliphatic heterocycles. The second kappa shape index (κ2) is 6.00. The second-order valence-corrected chi connectivity index (χ2v) is 7.33. The standard InChI is InChI=1S/C19H29NO/c1-15-6-7-17(18(21)14-15)16(2)20-12-10-19(11-13-20)8-4-3-5-9-19/h6-7,14,16,21H,3-5,8-13H2,1-2H3. The highest BCUT2D eigenvalue weighted by Gasteiger charge is 2.36. The van der Waals surface area contributed by atoms with E-state index in [2.05, 4.69) is 24.0 Å². The molecule has 0 aromatic heterocycles. The molecule has 1 N–H and O–H groups in total. The first-order chi connectivity index (χ1) is 10.1. The van der Waals surface area contributed by atoms with E-state index in [4.69, 9.17) is 0 Å². The summed E-state index contributed by atoms with van der Waals surface area (Å²) in [6.45, 7) is 6.65. The lowest BCUT2D eigenvalue weighted by Gasteiger charge is -2.46. The van der Waals surface area contributed by atoms with Gasteiger partial charge in [0.25, 0.3) is 0 Å².